The second-order valence-corrected chi connectivity index (χ2v) is 14.1. The summed E-state index contributed by atoms with van der Waals surface area (Å²) in [6.07, 6.45) is 5.33. The first-order valence-electron chi connectivity index (χ1n) is 15.9. The maximum Gasteiger partial charge on any atom is 0.307 e. The lowest BCUT2D eigenvalue weighted by atomic mass is 9.45. The summed E-state index contributed by atoms with van der Waals surface area (Å²) >= 11 is 0. The van der Waals surface area contributed by atoms with Gasteiger partial charge in [0.25, 0.3) is 0 Å². The van der Waals surface area contributed by atoms with Crippen molar-refractivity contribution in [1.82, 2.24) is 0 Å². The highest BCUT2D eigenvalue weighted by molar-refractivity contribution is 5.97. The average molecular weight is 590 g/mol. The molecule has 4 aliphatic carbocycles. The minimum atomic E-state index is -0.838. The third-order valence-corrected chi connectivity index (χ3v) is 11.4. The number of rotatable bonds is 8. The summed E-state index contributed by atoms with van der Waals surface area (Å²) in [4.78, 5) is 38.9. The number of carboxylic acid groups (broad SMARTS) is 1. The van der Waals surface area contributed by atoms with Gasteiger partial charge in [0, 0.05) is 30.7 Å². The smallest absolute Gasteiger partial charge is 0.307 e. The lowest BCUT2D eigenvalue weighted by Crippen LogP contribution is -2.64. The molecule has 2 heterocycles. The third kappa shape index (κ3) is 5.15. The third-order valence-electron chi connectivity index (χ3n) is 11.4. The van der Waals surface area contributed by atoms with Crippen molar-refractivity contribution in [3.05, 3.63) is 11.6 Å². The van der Waals surface area contributed by atoms with Crippen LogP contribution in [0.15, 0.2) is 11.6 Å². The Hall–Kier alpha value is -1.85. The van der Waals surface area contributed by atoms with Crippen LogP contribution in [0.25, 0.3) is 0 Å². The van der Waals surface area contributed by atoms with Gasteiger partial charge in [0.05, 0.1) is 31.8 Å². The van der Waals surface area contributed by atoms with Gasteiger partial charge in [0.15, 0.2) is 5.78 Å². The first-order chi connectivity index (χ1) is 20.1. The fourth-order valence-electron chi connectivity index (χ4n) is 9.98. The summed E-state index contributed by atoms with van der Waals surface area (Å²) in [5, 5.41) is 10.3. The molecule has 0 radical (unpaired) electrons. The van der Waals surface area contributed by atoms with E-state index in [-0.39, 0.29) is 73.1 Å². The molecule has 3 N–H and O–H groups in total. The Bertz CT molecular complexity index is 1090. The first kappa shape index (κ1) is 30.2. The lowest BCUT2D eigenvalue weighted by molar-refractivity contribution is -0.228. The number of carbonyl (C=O) groups excluding carboxylic acids is 2. The molecule has 2 aliphatic heterocycles. The first-order valence-corrected chi connectivity index (χ1v) is 15.9. The minimum absolute atomic E-state index is 0.0151. The molecule has 0 aromatic carbocycles. The number of carbonyl (C=O) groups is 3. The number of nitrogens with two attached hydrogens (primary N) is 1. The van der Waals surface area contributed by atoms with Crippen LogP contribution < -0.4 is 5.73 Å². The number of hydrogen-bond donors (Lipinski definition) is 2. The standard InChI is InChI=1S/C32H47NO9/c1-16(2)8-18-4-5-20-19-6-7-22-21-12-38-14-32(22,23(19)9-24(35)29(20)28(18)31(36)37)10-25(42-17(3)34)30(21)39-13-27-26(11-33)40-15-41-27/h9,16,18-22,25-30H,4-8,10-15,33H2,1-3H3,(H,36,37)/t18?,19?,20?,21?,22?,25-,26+,27?,28?,29?,30-,32+/m1/s1. The van der Waals surface area contributed by atoms with E-state index < -0.39 is 29.3 Å². The van der Waals surface area contributed by atoms with E-state index >= 15 is 0 Å². The largest absolute Gasteiger partial charge is 0.481 e. The molecule has 8 unspecified atom stereocenters. The quantitative estimate of drug-likeness (QED) is 0.406. The molecule has 3 saturated carbocycles. The summed E-state index contributed by atoms with van der Waals surface area (Å²) in [5.74, 6) is -1.60. The minimum Gasteiger partial charge on any atom is -0.481 e. The molecule has 0 aromatic rings. The Labute approximate surface area is 248 Å². The molecule has 42 heavy (non-hydrogen) atoms. The maximum absolute atomic E-state index is 14.0. The van der Waals surface area contributed by atoms with Gasteiger partial charge in [0.1, 0.15) is 25.1 Å². The number of hydrogen-bond acceptors (Lipinski definition) is 9. The number of fused-ring (bicyclic) bond motifs is 3. The normalized spacial score (nSPS) is 44.5. The van der Waals surface area contributed by atoms with E-state index in [2.05, 4.69) is 13.8 Å². The van der Waals surface area contributed by atoms with Crippen LogP contribution >= 0.6 is 0 Å². The van der Waals surface area contributed by atoms with E-state index in [4.69, 9.17) is 29.4 Å². The average Bonchev–Trinajstić information content (AvgIpc) is 3.39. The molecule has 10 nitrogen and oxygen atoms in total. The van der Waals surface area contributed by atoms with E-state index in [1.54, 1.807) is 6.08 Å². The lowest BCUT2D eigenvalue weighted by Gasteiger charge is -2.63. The Morgan fingerprint density at radius 3 is 2.64 bits per heavy atom. The Kier molecular flexibility index (Phi) is 8.56. The van der Waals surface area contributed by atoms with Gasteiger partial charge in [-0.15, -0.1) is 0 Å². The van der Waals surface area contributed by atoms with Gasteiger partial charge in [-0.25, -0.2) is 0 Å². The van der Waals surface area contributed by atoms with Crippen molar-refractivity contribution in [3.8, 4) is 0 Å². The highest BCUT2D eigenvalue weighted by atomic mass is 16.7. The summed E-state index contributed by atoms with van der Waals surface area (Å²) in [6.45, 7) is 7.42. The van der Waals surface area contributed by atoms with E-state index in [1.807, 2.05) is 0 Å². The van der Waals surface area contributed by atoms with Crippen molar-refractivity contribution in [2.45, 2.75) is 83.7 Å². The summed E-state index contributed by atoms with van der Waals surface area (Å²) in [6, 6.07) is 0. The molecule has 2 bridgehead atoms. The van der Waals surface area contributed by atoms with E-state index in [9.17, 15) is 19.5 Å². The molecule has 2 saturated heterocycles. The van der Waals surface area contributed by atoms with Crippen molar-refractivity contribution in [2.75, 3.05) is 33.2 Å². The van der Waals surface area contributed by atoms with Crippen LogP contribution in [0.1, 0.15) is 59.3 Å². The molecular weight excluding hydrogens is 542 g/mol. The second kappa shape index (κ2) is 11.9. The molecule has 0 amide bonds. The van der Waals surface area contributed by atoms with Crippen molar-refractivity contribution >= 4 is 17.7 Å². The van der Waals surface area contributed by atoms with E-state index in [1.165, 1.54) is 6.92 Å². The van der Waals surface area contributed by atoms with Crippen molar-refractivity contribution in [3.63, 3.8) is 0 Å². The van der Waals surface area contributed by atoms with Gasteiger partial charge in [-0.2, -0.15) is 0 Å². The molecular formula is C32H47NO9. The van der Waals surface area contributed by atoms with Crippen LogP contribution in [-0.4, -0.2) is 80.4 Å². The van der Waals surface area contributed by atoms with Crippen molar-refractivity contribution in [1.29, 1.82) is 0 Å². The second-order valence-electron chi connectivity index (χ2n) is 14.1. The summed E-state index contributed by atoms with van der Waals surface area (Å²) in [5.41, 5.74) is 6.52. The van der Waals surface area contributed by atoms with E-state index in [0.717, 1.165) is 37.7 Å². The molecule has 0 spiro atoms. The topological polar surface area (TPSA) is 144 Å². The monoisotopic (exact) mass is 589 g/mol. The van der Waals surface area contributed by atoms with Gasteiger partial charge in [0.2, 0.25) is 0 Å². The van der Waals surface area contributed by atoms with E-state index in [0.29, 0.717) is 32.1 Å². The zero-order valence-corrected chi connectivity index (χ0v) is 25.1. The summed E-state index contributed by atoms with van der Waals surface area (Å²) < 4.78 is 30.0. The van der Waals surface area contributed by atoms with Crippen molar-refractivity contribution in [2.24, 2.45) is 58.5 Å². The predicted octanol–water partition coefficient (Wildman–Crippen LogP) is 2.96. The van der Waals surface area contributed by atoms with Crippen LogP contribution in [-0.2, 0) is 38.1 Å². The van der Waals surface area contributed by atoms with Gasteiger partial charge < -0.3 is 34.5 Å². The fourth-order valence-corrected chi connectivity index (χ4v) is 9.98. The molecule has 5 fully saturated rings. The molecule has 234 valence electrons. The van der Waals surface area contributed by atoms with Gasteiger partial charge in [-0.05, 0) is 74.2 Å². The van der Waals surface area contributed by atoms with Gasteiger partial charge in [-0.3, -0.25) is 14.4 Å². The SMILES string of the molecule is CC(=O)O[C@@H]1C[C@]23COCC(C2CCC2C3=CC(=O)C3C2CCC(CC(C)C)C3C(=O)O)[C@H]1OCC1OCO[C@H]1CN. The molecule has 6 rings (SSSR count). The highest BCUT2D eigenvalue weighted by Crippen LogP contribution is 2.64. The van der Waals surface area contributed by atoms with Crippen LogP contribution in [0.3, 0.4) is 0 Å². The van der Waals surface area contributed by atoms with Gasteiger partial charge >= 0.3 is 11.9 Å². The van der Waals surface area contributed by atoms with Crippen LogP contribution in [0.2, 0.25) is 0 Å². The molecule has 12 atom stereocenters. The zero-order chi connectivity index (χ0) is 29.8. The summed E-state index contributed by atoms with van der Waals surface area (Å²) in [7, 11) is 0. The number of ketones is 1. The number of aliphatic carboxylic acids is 1. The van der Waals surface area contributed by atoms with Crippen LogP contribution in [0.5, 0.6) is 0 Å². The number of allylic oxidation sites excluding steroid dienone is 1. The maximum atomic E-state index is 14.0. The van der Waals surface area contributed by atoms with Gasteiger partial charge in [-0.1, -0.05) is 19.4 Å². The van der Waals surface area contributed by atoms with Crippen LogP contribution in [0, 0.1) is 52.8 Å². The van der Waals surface area contributed by atoms with Crippen LogP contribution in [0.4, 0.5) is 0 Å². The Balaban J connectivity index is 1.30. The molecule has 6 aliphatic rings. The molecule has 0 aromatic heterocycles. The number of carboxylic acids is 1. The molecule has 10 heteroatoms. The number of esters is 1. The van der Waals surface area contributed by atoms with Crippen molar-refractivity contribution < 1.29 is 43.2 Å². The zero-order valence-electron chi connectivity index (χ0n) is 25.1. The predicted molar refractivity (Wildman–Crippen MR) is 150 cm³/mol. The Morgan fingerprint density at radius 2 is 1.93 bits per heavy atom. The fraction of sp³-hybridized carbons (Fsp3) is 0.844. The highest BCUT2D eigenvalue weighted by Gasteiger charge is 2.64. The Morgan fingerprint density at radius 1 is 1.14 bits per heavy atom. The number of ether oxygens (including phenoxy) is 5.